The van der Waals surface area contributed by atoms with Crippen molar-refractivity contribution in [2.45, 2.75) is 105 Å². The first-order valence-electron chi connectivity index (χ1n) is 22.7. The molecule has 0 atom stereocenters. The van der Waals surface area contributed by atoms with Crippen molar-refractivity contribution in [3.63, 3.8) is 0 Å². The summed E-state index contributed by atoms with van der Waals surface area (Å²) in [5.41, 5.74) is 10.1. The molecule has 67 heavy (non-hydrogen) atoms. The van der Waals surface area contributed by atoms with Crippen molar-refractivity contribution in [1.82, 2.24) is 29.7 Å². The number of benzene rings is 3. The molecule has 0 saturated carbocycles. The standard InChI is InChI=1S/C56H62N8O3/c1-38-25-50(51(26-39(38)2)62-31-41-28-43(55(3,4)5)29-49(54(41)67)56(6,7)8)61-30-40-27-42(32-63(33-44-17-9-13-21-57-44)34-45-18-10-14-22-58-45)53(66)48(52(40)65)37-64(35-46-19-11-15-23-59-46)36-47-20-12-16-24-60-47/h9-31,65-67H,32-37H2,1-8H3. The number of phenols is 3. The average Bonchev–Trinajstić information content (AvgIpc) is 3.29. The van der Waals surface area contributed by atoms with Gasteiger partial charge in [0.25, 0.3) is 0 Å². The number of aryl methyl sites for hydroxylation is 2. The fraction of sp³-hybridized carbons (Fsp3) is 0.286. The molecule has 0 aliphatic rings. The molecule has 7 rings (SSSR count). The first kappa shape index (κ1) is 47.9. The van der Waals surface area contributed by atoms with E-state index in [2.05, 4.69) is 77.3 Å². The van der Waals surface area contributed by atoms with Gasteiger partial charge in [0, 0.05) is 98.7 Å². The number of hydrogen-bond donors (Lipinski definition) is 3. The molecular formula is C56H62N8O3. The van der Waals surface area contributed by atoms with E-state index in [0.29, 0.717) is 66.4 Å². The minimum Gasteiger partial charge on any atom is -0.507 e. The van der Waals surface area contributed by atoms with Crippen LogP contribution >= 0.6 is 0 Å². The van der Waals surface area contributed by atoms with Gasteiger partial charge < -0.3 is 15.3 Å². The summed E-state index contributed by atoms with van der Waals surface area (Å²) in [5.74, 6) is 0.0927. The minimum atomic E-state index is -0.296. The third kappa shape index (κ3) is 12.6. The molecule has 11 nitrogen and oxygen atoms in total. The summed E-state index contributed by atoms with van der Waals surface area (Å²) < 4.78 is 0. The fourth-order valence-corrected chi connectivity index (χ4v) is 7.89. The molecule has 0 fully saturated rings. The van der Waals surface area contributed by atoms with Crippen LogP contribution in [0.1, 0.15) is 109 Å². The van der Waals surface area contributed by atoms with E-state index in [1.807, 2.05) is 105 Å². The molecule has 344 valence electrons. The Morgan fingerprint density at radius 3 is 1.28 bits per heavy atom. The van der Waals surface area contributed by atoms with Gasteiger partial charge in [0.05, 0.1) is 39.7 Å². The van der Waals surface area contributed by atoms with Crippen molar-refractivity contribution in [3.8, 4) is 17.2 Å². The van der Waals surface area contributed by atoms with E-state index in [1.54, 1.807) is 43.3 Å². The van der Waals surface area contributed by atoms with E-state index in [9.17, 15) is 15.3 Å². The van der Waals surface area contributed by atoms with E-state index in [1.165, 1.54) is 0 Å². The maximum Gasteiger partial charge on any atom is 0.132 e. The van der Waals surface area contributed by atoms with Gasteiger partial charge in [0.1, 0.15) is 17.2 Å². The van der Waals surface area contributed by atoms with Crippen LogP contribution in [-0.2, 0) is 50.1 Å². The zero-order valence-corrected chi connectivity index (χ0v) is 39.9. The predicted octanol–water partition coefficient (Wildman–Crippen LogP) is 11.5. The summed E-state index contributed by atoms with van der Waals surface area (Å²) in [6, 6.07) is 33.1. The topological polar surface area (TPSA) is 143 Å². The number of pyridine rings is 4. The number of hydrogen-bond acceptors (Lipinski definition) is 11. The van der Waals surface area contributed by atoms with Crippen LogP contribution in [0.15, 0.2) is 138 Å². The Balaban J connectivity index is 1.33. The summed E-state index contributed by atoms with van der Waals surface area (Å²) in [4.78, 5) is 32.7. The van der Waals surface area contributed by atoms with Crippen LogP contribution in [0.5, 0.6) is 17.2 Å². The highest BCUT2D eigenvalue weighted by atomic mass is 16.3. The third-order valence-electron chi connectivity index (χ3n) is 11.8. The molecule has 4 aromatic heterocycles. The first-order valence-corrected chi connectivity index (χ1v) is 22.7. The Kier molecular flexibility index (Phi) is 15.0. The lowest BCUT2D eigenvalue weighted by Gasteiger charge is -2.27. The van der Waals surface area contributed by atoms with Gasteiger partial charge in [-0.3, -0.25) is 39.7 Å². The predicted molar refractivity (Wildman–Crippen MR) is 269 cm³/mol. The second-order valence-electron chi connectivity index (χ2n) is 19.3. The highest BCUT2D eigenvalue weighted by Gasteiger charge is 2.26. The van der Waals surface area contributed by atoms with Crippen LogP contribution in [0, 0.1) is 13.8 Å². The van der Waals surface area contributed by atoms with Crippen LogP contribution in [0.4, 0.5) is 11.4 Å². The number of phenolic OH excluding ortho intramolecular Hbond substituents is 3. The molecule has 0 aliphatic heterocycles. The van der Waals surface area contributed by atoms with Gasteiger partial charge in [-0.15, -0.1) is 0 Å². The average molecular weight is 895 g/mol. The van der Waals surface area contributed by atoms with E-state index in [0.717, 1.165) is 45.0 Å². The third-order valence-corrected chi connectivity index (χ3v) is 11.8. The van der Waals surface area contributed by atoms with Crippen molar-refractivity contribution < 1.29 is 15.3 Å². The molecule has 3 aromatic carbocycles. The quantitative estimate of drug-likeness (QED) is 0.0808. The van der Waals surface area contributed by atoms with Crippen molar-refractivity contribution in [2.24, 2.45) is 9.98 Å². The van der Waals surface area contributed by atoms with Gasteiger partial charge in [-0.1, -0.05) is 71.9 Å². The molecule has 7 aromatic rings. The van der Waals surface area contributed by atoms with Crippen LogP contribution in [0.2, 0.25) is 0 Å². The van der Waals surface area contributed by atoms with Gasteiger partial charge >= 0.3 is 0 Å². The molecular weight excluding hydrogens is 833 g/mol. The number of aromatic hydroxyl groups is 3. The number of aromatic nitrogens is 4. The summed E-state index contributed by atoms with van der Waals surface area (Å²) in [7, 11) is 0. The van der Waals surface area contributed by atoms with E-state index in [-0.39, 0.29) is 34.6 Å². The zero-order chi connectivity index (χ0) is 47.7. The van der Waals surface area contributed by atoms with Gasteiger partial charge in [-0.2, -0.15) is 0 Å². The SMILES string of the molecule is Cc1cc(N=Cc2cc(C(C)(C)C)cc(C(C)(C)C)c2O)c(N=Cc2cc(CN(Cc3ccccn3)Cc3ccccn3)c(O)c(CN(Cc3ccccn3)Cc3ccccn3)c2O)cc1C. The first-order chi connectivity index (χ1) is 32.0. The van der Waals surface area contributed by atoms with E-state index in [4.69, 9.17) is 9.98 Å². The Hall–Kier alpha value is -7.08. The van der Waals surface area contributed by atoms with Crippen LogP contribution in [0.3, 0.4) is 0 Å². The van der Waals surface area contributed by atoms with Gasteiger partial charge in [-0.05, 0) is 114 Å². The number of nitrogens with zero attached hydrogens (tertiary/aromatic N) is 8. The Morgan fingerprint density at radius 1 is 0.478 bits per heavy atom. The van der Waals surface area contributed by atoms with Crippen LogP contribution in [-0.4, -0.2) is 57.5 Å². The normalized spacial score (nSPS) is 12.3. The Bertz CT molecular complexity index is 2740. The van der Waals surface area contributed by atoms with Crippen molar-refractivity contribution in [3.05, 3.63) is 195 Å². The van der Waals surface area contributed by atoms with Gasteiger partial charge in [0.2, 0.25) is 0 Å². The second kappa shape index (κ2) is 21.0. The highest BCUT2D eigenvalue weighted by Crippen LogP contribution is 2.40. The Morgan fingerprint density at radius 2 is 0.896 bits per heavy atom. The number of rotatable bonds is 16. The molecule has 0 aliphatic carbocycles. The molecule has 3 N–H and O–H groups in total. The van der Waals surface area contributed by atoms with Gasteiger partial charge in [0.15, 0.2) is 0 Å². The fourth-order valence-electron chi connectivity index (χ4n) is 7.89. The molecule has 0 saturated heterocycles. The van der Waals surface area contributed by atoms with Crippen molar-refractivity contribution in [1.29, 1.82) is 0 Å². The van der Waals surface area contributed by atoms with Crippen molar-refractivity contribution >= 4 is 23.8 Å². The van der Waals surface area contributed by atoms with Crippen LogP contribution < -0.4 is 0 Å². The molecule has 11 heteroatoms. The largest absolute Gasteiger partial charge is 0.507 e. The summed E-state index contributed by atoms with van der Waals surface area (Å²) in [5, 5.41) is 36.2. The lowest BCUT2D eigenvalue weighted by Crippen LogP contribution is -2.25. The molecule has 0 amide bonds. The monoisotopic (exact) mass is 894 g/mol. The smallest absolute Gasteiger partial charge is 0.132 e. The lowest BCUT2D eigenvalue weighted by molar-refractivity contribution is 0.228. The van der Waals surface area contributed by atoms with E-state index >= 15 is 0 Å². The molecule has 4 heterocycles. The molecule has 0 bridgehead atoms. The molecule has 0 radical (unpaired) electrons. The molecule has 0 unspecified atom stereocenters. The summed E-state index contributed by atoms with van der Waals surface area (Å²) >= 11 is 0. The van der Waals surface area contributed by atoms with E-state index < -0.39 is 0 Å². The number of aliphatic imine (C=N–C) groups is 2. The highest BCUT2D eigenvalue weighted by molar-refractivity contribution is 5.91. The van der Waals surface area contributed by atoms with Gasteiger partial charge in [-0.25, -0.2) is 0 Å². The maximum atomic E-state index is 12.3. The summed E-state index contributed by atoms with van der Waals surface area (Å²) in [6.07, 6.45) is 10.4. The maximum absolute atomic E-state index is 12.3. The second-order valence-corrected chi connectivity index (χ2v) is 19.3. The Labute approximate surface area is 395 Å². The lowest BCUT2D eigenvalue weighted by atomic mass is 9.79. The minimum absolute atomic E-state index is 0.0166. The molecule has 0 spiro atoms. The van der Waals surface area contributed by atoms with Crippen molar-refractivity contribution in [2.75, 3.05) is 0 Å². The zero-order valence-electron chi connectivity index (χ0n) is 39.9. The van der Waals surface area contributed by atoms with Crippen LogP contribution in [0.25, 0.3) is 0 Å². The summed E-state index contributed by atoms with van der Waals surface area (Å²) in [6.45, 7) is 19.2.